The van der Waals surface area contributed by atoms with E-state index in [0.29, 0.717) is 5.69 Å². The van der Waals surface area contributed by atoms with Crippen LogP contribution in [0.2, 0.25) is 0 Å². The Morgan fingerprint density at radius 3 is 2.12 bits per heavy atom. The van der Waals surface area contributed by atoms with E-state index in [1.54, 1.807) is 0 Å². The minimum atomic E-state index is -0.434. The fourth-order valence-electron chi connectivity index (χ4n) is 3.44. The second kappa shape index (κ2) is 11.6. The van der Waals surface area contributed by atoms with E-state index >= 15 is 0 Å². The molecule has 0 heterocycles. The quantitative estimate of drug-likeness (QED) is 0.222. The SMILES string of the molecule is O=C(Nc1cccc2ccccc12)N(Cc1ccccc1)C(=O)SSCCc1ccccc1. The van der Waals surface area contributed by atoms with E-state index < -0.39 is 6.03 Å². The van der Waals surface area contributed by atoms with E-state index in [2.05, 4.69) is 17.4 Å². The molecule has 0 aliphatic rings. The molecule has 0 radical (unpaired) electrons. The van der Waals surface area contributed by atoms with Gasteiger partial charge in [0, 0.05) is 21.9 Å². The van der Waals surface area contributed by atoms with Crippen molar-refractivity contribution in [2.75, 3.05) is 11.1 Å². The van der Waals surface area contributed by atoms with Crippen molar-refractivity contribution in [3.63, 3.8) is 0 Å². The number of hydrogen-bond donors (Lipinski definition) is 1. The van der Waals surface area contributed by atoms with Crippen molar-refractivity contribution in [3.8, 4) is 0 Å². The minimum absolute atomic E-state index is 0.211. The highest BCUT2D eigenvalue weighted by atomic mass is 33.1. The molecule has 0 spiro atoms. The smallest absolute Gasteiger partial charge is 0.307 e. The third-order valence-electron chi connectivity index (χ3n) is 5.13. The summed E-state index contributed by atoms with van der Waals surface area (Å²) < 4.78 is 0. The Balaban J connectivity index is 1.45. The molecule has 4 nitrogen and oxygen atoms in total. The highest BCUT2D eigenvalue weighted by Gasteiger charge is 2.23. The summed E-state index contributed by atoms with van der Waals surface area (Å²) in [5.41, 5.74) is 2.81. The van der Waals surface area contributed by atoms with Gasteiger partial charge in [0.25, 0.3) is 0 Å². The number of amides is 3. The fraction of sp³-hybridized carbons (Fsp3) is 0.111. The van der Waals surface area contributed by atoms with E-state index in [-0.39, 0.29) is 11.8 Å². The Hall–Kier alpha value is -3.22. The minimum Gasteiger partial charge on any atom is -0.307 e. The van der Waals surface area contributed by atoms with Crippen LogP contribution in [0.4, 0.5) is 15.3 Å². The van der Waals surface area contributed by atoms with Gasteiger partial charge in [-0.05, 0) is 29.0 Å². The number of rotatable bonds is 7. The average Bonchev–Trinajstić information content (AvgIpc) is 2.86. The van der Waals surface area contributed by atoms with E-state index in [4.69, 9.17) is 0 Å². The fourth-order valence-corrected chi connectivity index (χ4v) is 5.26. The van der Waals surface area contributed by atoms with Crippen LogP contribution in [0.3, 0.4) is 0 Å². The van der Waals surface area contributed by atoms with Gasteiger partial charge in [-0.2, -0.15) is 0 Å². The van der Waals surface area contributed by atoms with E-state index in [9.17, 15) is 9.59 Å². The first-order valence-electron chi connectivity index (χ1n) is 10.7. The molecule has 3 amide bonds. The molecule has 4 aromatic rings. The maximum absolute atomic E-state index is 13.2. The second-order valence-electron chi connectivity index (χ2n) is 7.44. The topological polar surface area (TPSA) is 49.4 Å². The standard InChI is InChI=1S/C27H24N2O2S2/c30-26(28-25-17-9-15-23-14-7-8-16-24(23)25)29(20-22-12-5-2-6-13-22)27(31)33-32-19-18-21-10-3-1-4-11-21/h1-17H,18-20H2,(H,28,30). The first-order chi connectivity index (χ1) is 16.2. The Morgan fingerprint density at radius 1 is 0.727 bits per heavy atom. The summed E-state index contributed by atoms with van der Waals surface area (Å²) in [5, 5.41) is 4.63. The number of carbonyl (C=O) groups is 2. The summed E-state index contributed by atoms with van der Waals surface area (Å²) >= 11 is 0. The van der Waals surface area contributed by atoms with Gasteiger partial charge in [-0.15, -0.1) is 0 Å². The van der Waals surface area contributed by atoms with Gasteiger partial charge < -0.3 is 5.32 Å². The van der Waals surface area contributed by atoms with Gasteiger partial charge in [-0.3, -0.25) is 4.79 Å². The number of benzene rings is 4. The molecule has 0 saturated heterocycles. The largest absolute Gasteiger partial charge is 0.329 e. The normalized spacial score (nSPS) is 10.7. The number of aryl methyl sites for hydroxylation is 1. The maximum atomic E-state index is 13.2. The molecule has 0 aliphatic heterocycles. The van der Waals surface area contributed by atoms with Crippen LogP contribution in [-0.4, -0.2) is 21.9 Å². The predicted molar refractivity (Wildman–Crippen MR) is 141 cm³/mol. The number of hydrogen-bond acceptors (Lipinski definition) is 4. The highest BCUT2D eigenvalue weighted by Crippen LogP contribution is 2.28. The lowest BCUT2D eigenvalue weighted by Gasteiger charge is -2.21. The molecular formula is C27H24N2O2S2. The molecule has 4 aromatic carbocycles. The van der Waals surface area contributed by atoms with Gasteiger partial charge in [0.15, 0.2) is 0 Å². The third kappa shape index (κ3) is 6.40. The van der Waals surface area contributed by atoms with Crippen molar-refractivity contribution in [2.45, 2.75) is 13.0 Å². The van der Waals surface area contributed by atoms with Crippen molar-refractivity contribution in [1.82, 2.24) is 4.90 Å². The molecular weight excluding hydrogens is 448 g/mol. The Labute approximate surface area is 201 Å². The summed E-state index contributed by atoms with van der Waals surface area (Å²) in [4.78, 5) is 27.6. The predicted octanol–water partition coefficient (Wildman–Crippen LogP) is 7.62. The van der Waals surface area contributed by atoms with Crippen LogP contribution in [0.25, 0.3) is 10.8 Å². The number of urea groups is 1. The summed E-state index contributed by atoms with van der Waals surface area (Å²) in [6.45, 7) is 0.211. The lowest BCUT2D eigenvalue weighted by atomic mass is 10.1. The zero-order valence-electron chi connectivity index (χ0n) is 18.0. The lowest BCUT2D eigenvalue weighted by molar-refractivity contribution is 0.207. The molecule has 1 N–H and O–H groups in total. The number of carbonyl (C=O) groups excluding carboxylic acids is 2. The Bertz CT molecular complexity index is 1210. The number of anilines is 1. The zero-order chi connectivity index (χ0) is 22.9. The summed E-state index contributed by atoms with van der Waals surface area (Å²) in [7, 11) is 2.58. The van der Waals surface area contributed by atoms with Gasteiger partial charge in [-0.1, -0.05) is 108 Å². The van der Waals surface area contributed by atoms with Gasteiger partial charge >= 0.3 is 11.3 Å². The first-order valence-corrected chi connectivity index (χ1v) is 13.0. The molecule has 0 aromatic heterocycles. The lowest BCUT2D eigenvalue weighted by Crippen LogP contribution is -2.37. The van der Waals surface area contributed by atoms with Gasteiger partial charge in [0.05, 0.1) is 12.2 Å². The van der Waals surface area contributed by atoms with Crippen LogP contribution in [-0.2, 0) is 13.0 Å². The highest BCUT2D eigenvalue weighted by molar-refractivity contribution is 8.82. The average molecular weight is 473 g/mol. The number of fused-ring (bicyclic) bond motifs is 1. The molecule has 0 fully saturated rings. The van der Waals surface area contributed by atoms with Crippen LogP contribution < -0.4 is 5.32 Å². The van der Waals surface area contributed by atoms with Crippen molar-refractivity contribution >= 4 is 49.3 Å². The zero-order valence-corrected chi connectivity index (χ0v) is 19.6. The van der Waals surface area contributed by atoms with Gasteiger partial charge in [0.1, 0.15) is 0 Å². The molecule has 6 heteroatoms. The first kappa shape index (κ1) is 23.0. The molecule has 0 bridgehead atoms. The number of nitrogens with one attached hydrogen (secondary N) is 1. The molecule has 0 unspecified atom stereocenters. The number of imide groups is 1. The summed E-state index contributed by atoms with van der Waals surface area (Å²) in [6, 6.07) is 32.9. The van der Waals surface area contributed by atoms with Crippen molar-refractivity contribution in [2.24, 2.45) is 0 Å². The van der Waals surface area contributed by atoms with Crippen LogP contribution >= 0.6 is 21.6 Å². The number of nitrogens with zero attached hydrogens (tertiary/aromatic N) is 1. The Kier molecular flexibility index (Phi) is 8.06. The van der Waals surface area contributed by atoms with E-state index in [1.165, 1.54) is 21.3 Å². The van der Waals surface area contributed by atoms with E-state index in [0.717, 1.165) is 39.3 Å². The van der Waals surface area contributed by atoms with Crippen molar-refractivity contribution in [1.29, 1.82) is 0 Å². The van der Waals surface area contributed by atoms with Crippen LogP contribution in [0.1, 0.15) is 11.1 Å². The van der Waals surface area contributed by atoms with Gasteiger partial charge in [-0.25, -0.2) is 9.69 Å². The molecule has 33 heavy (non-hydrogen) atoms. The maximum Gasteiger partial charge on any atom is 0.329 e. The van der Waals surface area contributed by atoms with Crippen LogP contribution in [0.15, 0.2) is 103 Å². The van der Waals surface area contributed by atoms with E-state index in [1.807, 2.05) is 91.0 Å². The third-order valence-corrected chi connectivity index (χ3v) is 7.26. The van der Waals surface area contributed by atoms with Crippen LogP contribution in [0, 0.1) is 0 Å². The molecule has 4 rings (SSSR count). The summed E-state index contributed by atoms with van der Waals surface area (Å²) in [5.74, 6) is 0.782. The Morgan fingerprint density at radius 2 is 1.36 bits per heavy atom. The molecule has 0 saturated carbocycles. The van der Waals surface area contributed by atoms with Gasteiger partial charge in [0.2, 0.25) is 0 Å². The molecule has 0 atom stereocenters. The van der Waals surface area contributed by atoms with Crippen molar-refractivity contribution < 1.29 is 9.59 Å². The van der Waals surface area contributed by atoms with Crippen LogP contribution in [0.5, 0.6) is 0 Å². The second-order valence-corrected chi connectivity index (χ2v) is 9.80. The van der Waals surface area contributed by atoms with Crippen molar-refractivity contribution in [3.05, 3.63) is 114 Å². The molecule has 0 aliphatic carbocycles. The summed E-state index contributed by atoms with van der Waals surface area (Å²) in [6.07, 6.45) is 0.868. The monoisotopic (exact) mass is 472 g/mol. The molecule has 166 valence electrons.